The summed E-state index contributed by atoms with van der Waals surface area (Å²) in [4.78, 5) is 27.4. The maximum atomic E-state index is 12.9. The number of piperazine rings is 1. The van der Waals surface area contributed by atoms with Gasteiger partial charge in [-0.2, -0.15) is 27.8 Å². The summed E-state index contributed by atoms with van der Waals surface area (Å²) in [6.07, 6.45) is -2.13. The van der Waals surface area contributed by atoms with Crippen molar-refractivity contribution in [2.24, 2.45) is 0 Å². The van der Waals surface area contributed by atoms with E-state index in [0.717, 1.165) is 18.0 Å². The fourth-order valence-corrected chi connectivity index (χ4v) is 3.02. The van der Waals surface area contributed by atoms with Gasteiger partial charge in [0, 0.05) is 36.7 Å². The normalized spacial score (nSPS) is 15.6. The quantitative estimate of drug-likeness (QED) is 0.676. The Morgan fingerprint density at radius 1 is 1.15 bits per heavy atom. The number of anilines is 2. The summed E-state index contributed by atoms with van der Waals surface area (Å²) in [6.45, 7) is 2.47. The molecule has 0 radical (unpaired) electrons. The number of halogens is 3. The zero-order valence-electron chi connectivity index (χ0n) is 14.2. The van der Waals surface area contributed by atoms with Crippen molar-refractivity contribution >= 4 is 23.2 Å². The number of aromatic nitrogens is 5. The van der Waals surface area contributed by atoms with E-state index in [1.165, 1.54) is 21.8 Å². The van der Waals surface area contributed by atoms with Crippen molar-refractivity contribution in [2.75, 3.05) is 29.4 Å². The van der Waals surface area contributed by atoms with E-state index in [-0.39, 0.29) is 24.7 Å². The maximum absolute atomic E-state index is 12.9. The van der Waals surface area contributed by atoms with E-state index in [1.54, 1.807) is 11.0 Å². The molecule has 0 saturated carbocycles. The monoisotopic (exact) mass is 377 g/mol. The molecule has 1 fully saturated rings. The molecule has 0 N–H and O–H groups in total. The van der Waals surface area contributed by atoms with Gasteiger partial charge in [0.1, 0.15) is 17.8 Å². The topological polar surface area (TPSA) is 79.5 Å². The van der Waals surface area contributed by atoms with Crippen LogP contribution in [0.5, 0.6) is 0 Å². The van der Waals surface area contributed by atoms with Gasteiger partial charge in [-0.3, -0.25) is 9.78 Å². The van der Waals surface area contributed by atoms with E-state index < -0.39 is 11.9 Å². The molecule has 0 aromatic carbocycles. The number of carbonyl (C=O) groups is 1. The van der Waals surface area contributed by atoms with Gasteiger partial charge < -0.3 is 9.80 Å². The first kappa shape index (κ1) is 17.2. The fourth-order valence-electron chi connectivity index (χ4n) is 3.02. The molecule has 27 heavy (non-hydrogen) atoms. The zero-order valence-corrected chi connectivity index (χ0v) is 14.2. The number of hydrogen-bond donors (Lipinski definition) is 0. The number of amides is 1. The van der Waals surface area contributed by atoms with Crippen molar-refractivity contribution in [1.82, 2.24) is 24.6 Å². The molecule has 1 saturated heterocycles. The number of nitrogens with zero attached hydrogens (tertiary/aromatic N) is 7. The van der Waals surface area contributed by atoms with Gasteiger partial charge in [0.05, 0.1) is 6.54 Å². The van der Waals surface area contributed by atoms with Crippen LogP contribution in [-0.2, 0) is 11.0 Å². The first-order valence-corrected chi connectivity index (χ1v) is 8.09. The molecule has 0 aliphatic carbocycles. The van der Waals surface area contributed by atoms with Crippen molar-refractivity contribution in [3.63, 3.8) is 0 Å². The molecule has 11 heteroatoms. The molecule has 1 aliphatic heterocycles. The predicted octanol–water partition coefficient (Wildman–Crippen LogP) is 1.70. The third kappa shape index (κ3) is 3.15. The molecule has 0 spiro atoms. The minimum absolute atomic E-state index is 0.00207. The molecule has 0 unspecified atom stereocenters. The Kier molecular flexibility index (Phi) is 3.93. The average molecular weight is 377 g/mol. The van der Waals surface area contributed by atoms with E-state index in [9.17, 15) is 18.0 Å². The van der Waals surface area contributed by atoms with Crippen LogP contribution in [0.1, 0.15) is 11.4 Å². The molecule has 3 aromatic heterocycles. The smallest absolute Gasteiger partial charge is 0.345 e. The van der Waals surface area contributed by atoms with Crippen LogP contribution < -0.4 is 9.80 Å². The van der Waals surface area contributed by atoms with Crippen LogP contribution in [0.25, 0.3) is 5.78 Å². The minimum Gasteiger partial charge on any atom is -0.345 e. The average Bonchev–Trinajstić information content (AvgIpc) is 3.08. The lowest BCUT2D eigenvalue weighted by molar-refractivity contribution is -0.141. The van der Waals surface area contributed by atoms with Gasteiger partial charge in [0.25, 0.3) is 5.78 Å². The van der Waals surface area contributed by atoms with Gasteiger partial charge >= 0.3 is 6.18 Å². The molecule has 8 nitrogen and oxygen atoms in total. The molecule has 140 valence electrons. The zero-order chi connectivity index (χ0) is 19.2. The van der Waals surface area contributed by atoms with E-state index in [2.05, 4.69) is 20.1 Å². The van der Waals surface area contributed by atoms with Gasteiger partial charge in [-0.05, 0) is 19.1 Å². The highest BCUT2D eigenvalue weighted by Gasteiger charge is 2.34. The molecule has 1 amide bonds. The first-order valence-electron chi connectivity index (χ1n) is 8.09. The molecule has 0 atom stereocenters. The van der Waals surface area contributed by atoms with Crippen molar-refractivity contribution in [1.29, 1.82) is 0 Å². The van der Waals surface area contributed by atoms with Crippen LogP contribution in [0, 0.1) is 6.92 Å². The maximum Gasteiger partial charge on any atom is 0.433 e. The SMILES string of the molecule is Cc1cc(N2CCN(c3ccnc(C(F)(F)F)c3)C(=O)C2)n2ncnc2n1. The lowest BCUT2D eigenvalue weighted by atomic mass is 10.2. The van der Waals surface area contributed by atoms with Crippen LogP contribution in [0.2, 0.25) is 0 Å². The highest BCUT2D eigenvalue weighted by molar-refractivity contribution is 5.97. The summed E-state index contributed by atoms with van der Waals surface area (Å²) in [5.74, 6) is 0.765. The van der Waals surface area contributed by atoms with Gasteiger partial charge in [-0.15, -0.1) is 0 Å². The lowest BCUT2D eigenvalue weighted by Crippen LogP contribution is -2.51. The third-order valence-corrected chi connectivity index (χ3v) is 4.25. The molecule has 4 heterocycles. The van der Waals surface area contributed by atoms with E-state index in [4.69, 9.17) is 0 Å². The Morgan fingerprint density at radius 3 is 2.70 bits per heavy atom. The number of carbonyl (C=O) groups excluding carboxylic acids is 1. The molecule has 4 rings (SSSR count). The minimum atomic E-state index is -4.56. The Balaban J connectivity index is 1.60. The molecule has 1 aliphatic rings. The number of aryl methyl sites for hydroxylation is 1. The Morgan fingerprint density at radius 2 is 1.96 bits per heavy atom. The summed E-state index contributed by atoms with van der Waals surface area (Å²) in [5.41, 5.74) is -0.118. The van der Waals surface area contributed by atoms with Gasteiger partial charge in [0.15, 0.2) is 0 Å². The number of pyridine rings is 1. The van der Waals surface area contributed by atoms with Crippen LogP contribution in [0.3, 0.4) is 0 Å². The fraction of sp³-hybridized carbons (Fsp3) is 0.312. The predicted molar refractivity (Wildman–Crippen MR) is 89.3 cm³/mol. The molecule has 0 bridgehead atoms. The Hall–Kier alpha value is -3.24. The van der Waals surface area contributed by atoms with E-state index >= 15 is 0 Å². The molecular formula is C16H14F3N7O. The van der Waals surface area contributed by atoms with Crippen LogP contribution in [0.4, 0.5) is 24.7 Å². The van der Waals surface area contributed by atoms with Crippen LogP contribution in [0.15, 0.2) is 30.7 Å². The highest BCUT2D eigenvalue weighted by Crippen LogP contribution is 2.30. The second-order valence-electron chi connectivity index (χ2n) is 6.09. The van der Waals surface area contributed by atoms with Crippen LogP contribution >= 0.6 is 0 Å². The number of rotatable bonds is 2. The molecular weight excluding hydrogens is 363 g/mol. The van der Waals surface area contributed by atoms with Crippen molar-refractivity contribution < 1.29 is 18.0 Å². The third-order valence-electron chi connectivity index (χ3n) is 4.25. The lowest BCUT2D eigenvalue weighted by Gasteiger charge is -2.35. The number of fused-ring (bicyclic) bond motifs is 1. The van der Waals surface area contributed by atoms with Crippen LogP contribution in [-0.4, -0.2) is 50.1 Å². The molecule has 3 aromatic rings. The second-order valence-corrected chi connectivity index (χ2v) is 6.09. The summed E-state index contributed by atoms with van der Waals surface area (Å²) in [6, 6.07) is 4.08. The van der Waals surface area contributed by atoms with E-state index in [1.807, 2.05) is 6.92 Å². The largest absolute Gasteiger partial charge is 0.433 e. The summed E-state index contributed by atoms with van der Waals surface area (Å²) >= 11 is 0. The van der Waals surface area contributed by atoms with Crippen molar-refractivity contribution in [3.05, 3.63) is 42.1 Å². The highest BCUT2D eigenvalue weighted by atomic mass is 19.4. The Labute approximate surface area is 151 Å². The Bertz CT molecular complexity index is 1020. The van der Waals surface area contributed by atoms with Gasteiger partial charge in [0.2, 0.25) is 5.91 Å². The summed E-state index contributed by atoms with van der Waals surface area (Å²) in [7, 11) is 0. The summed E-state index contributed by atoms with van der Waals surface area (Å²) < 4.78 is 40.2. The standard InChI is InChI=1S/C16H14F3N7O/c1-10-6-13(26-15(23-10)21-9-22-26)24-4-5-25(14(27)8-24)11-2-3-20-12(7-11)16(17,18)19/h2-3,6-7,9H,4-5,8H2,1H3. The van der Waals surface area contributed by atoms with Crippen molar-refractivity contribution in [2.45, 2.75) is 13.1 Å². The second kappa shape index (κ2) is 6.18. The van der Waals surface area contributed by atoms with Crippen molar-refractivity contribution in [3.8, 4) is 0 Å². The number of hydrogen-bond acceptors (Lipinski definition) is 6. The van der Waals surface area contributed by atoms with Gasteiger partial charge in [-0.25, -0.2) is 4.98 Å². The van der Waals surface area contributed by atoms with E-state index in [0.29, 0.717) is 18.1 Å². The summed E-state index contributed by atoms with van der Waals surface area (Å²) in [5, 5.41) is 4.12. The number of alkyl halides is 3. The first-order chi connectivity index (χ1) is 12.8. The van der Waals surface area contributed by atoms with Gasteiger partial charge in [-0.1, -0.05) is 0 Å².